The van der Waals surface area contributed by atoms with Gasteiger partial charge in [0.2, 0.25) is 5.91 Å². The summed E-state index contributed by atoms with van der Waals surface area (Å²) in [6, 6.07) is 6.24. The molecule has 1 saturated carbocycles. The monoisotopic (exact) mass is 286 g/mol. The molecule has 0 bridgehead atoms. The molecule has 0 spiro atoms. The minimum atomic E-state index is 0.186. The lowest BCUT2D eigenvalue weighted by atomic mass is 9.96. The van der Waals surface area contributed by atoms with Crippen molar-refractivity contribution in [3.63, 3.8) is 0 Å². The van der Waals surface area contributed by atoms with Gasteiger partial charge in [-0.2, -0.15) is 0 Å². The largest absolute Gasteiger partial charge is 0.385 e. The summed E-state index contributed by atoms with van der Waals surface area (Å²) in [6.45, 7) is 1.06. The fraction of sp³-hybridized carbons (Fsp3) is 0.611. The van der Waals surface area contributed by atoms with Gasteiger partial charge in [0.1, 0.15) is 0 Å². The van der Waals surface area contributed by atoms with Crippen molar-refractivity contribution in [3.05, 3.63) is 23.8 Å². The molecule has 1 fully saturated rings. The van der Waals surface area contributed by atoms with E-state index in [0.29, 0.717) is 12.3 Å². The van der Waals surface area contributed by atoms with Crippen LogP contribution in [0.3, 0.4) is 0 Å². The van der Waals surface area contributed by atoms with Crippen LogP contribution in [0.2, 0.25) is 0 Å². The maximum absolute atomic E-state index is 12.2. The molecule has 0 radical (unpaired) electrons. The van der Waals surface area contributed by atoms with E-state index in [1.165, 1.54) is 56.2 Å². The summed E-state index contributed by atoms with van der Waals surface area (Å²) in [5.41, 5.74) is 3.51. The van der Waals surface area contributed by atoms with Crippen LogP contribution in [-0.4, -0.2) is 12.5 Å². The number of rotatable bonds is 3. The Morgan fingerprint density at radius 2 is 1.95 bits per heavy atom. The molecule has 1 aromatic rings. The van der Waals surface area contributed by atoms with Gasteiger partial charge in [-0.05, 0) is 55.4 Å². The number of fused-ring (bicyclic) bond motifs is 1. The number of aryl methyl sites for hydroxylation is 1. The highest BCUT2D eigenvalue weighted by molar-refractivity contribution is 5.91. The molecule has 21 heavy (non-hydrogen) atoms. The molecule has 1 aromatic carbocycles. The molecule has 0 aromatic heterocycles. The Labute approximate surface area is 127 Å². The van der Waals surface area contributed by atoms with Crippen LogP contribution in [0.25, 0.3) is 0 Å². The van der Waals surface area contributed by atoms with Gasteiger partial charge >= 0.3 is 0 Å². The molecular weight excluding hydrogens is 260 g/mol. The van der Waals surface area contributed by atoms with Crippen LogP contribution < -0.4 is 10.6 Å². The minimum Gasteiger partial charge on any atom is -0.385 e. The second-order valence-electron chi connectivity index (χ2n) is 6.51. The van der Waals surface area contributed by atoms with Crippen molar-refractivity contribution in [2.24, 2.45) is 5.92 Å². The van der Waals surface area contributed by atoms with Gasteiger partial charge in [0.25, 0.3) is 0 Å². The van der Waals surface area contributed by atoms with Crippen molar-refractivity contribution in [2.45, 2.75) is 57.8 Å². The normalized spacial score (nSPS) is 19.2. The van der Waals surface area contributed by atoms with E-state index in [1.807, 2.05) is 6.07 Å². The van der Waals surface area contributed by atoms with E-state index in [0.717, 1.165) is 18.7 Å². The molecule has 0 atom stereocenters. The molecule has 3 heteroatoms. The molecule has 1 amide bonds. The lowest BCUT2D eigenvalue weighted by molar-refractivity contribution is -0.117. The zero-order chi connectivity index (χ0) is 14.5. The first-order valence-corrected chi connectivity index (χ1v) is 8.48. The molecular formula is C18H26N2O. The lowest BCUT2D eigenvalue weighted by Crippen LogP contribution is -2.17. The predicted octanol–water partition coefficient (Wildman–Crippen LogP) is 4.34. The van der Waals surface area contributed by atoms with Gasteiger partial charge in [-0.15, -0.1) is 0 Å². The quantitative estimate of drug-likeness (QED) is 0.811. The average molecular weight is 286 g/mol. The van der Waals surface area contributed by atoms with Gasteiger partial charge in [-0.25, -0.2) is 0 Å². The second-order valence-corrected chi connectivity index (χ2v) is 6.51. The molecule has 2 aliphatic rings. The summed E-state index contributed by atoms with van der Waals surface area (Å²) in [4.78, 5) is 12.2. The summed E-state index contributed by atoms with van der Waals surface area (Å²) >= 11 is 0. The van der Waals surface area contributed by atoms with Crippen LogP contribution in [-0.2, 0) is 11.2 Å². The molecule has 2 N–H and O–H groups in total. The average Bonchev–Trinajstić information content (AvgIpc) is 2.75. The molecule has 3 nitrogen and oxygen atoms in total. The zero-order valence-corrected chi connectivity index (χ0v) is 12.8. The van der Waals surface area contributed by atoms with Crippen LogP contribution in [0.4, 0.5) is 11.4 Å². The van der Waals surface area contributed by atoms with E-state index in [1.54, 1.807) is 0 Å². The van der Waals surface area contributed by atoms with Crippen molar-refractivity contribution in [2.75, 3.05) is 17.2 Å². The van der Waals surface area contributed by atoms with Crippen LogP contribution >= 0.6 is 0 Å². The highest BCUT2D eigenvalue weighted by Crippen LogP contribution is 2.27. The molecule has 114 valence electrons. The first-order valence-electron chi connectivity index (χ1n) is 8.48. The molecule has 0 saturated heterocycles. The number of benzene rings is 1. The number of hydrogen-bond acceptors (Lipinski definition) is 2. The Morgan fingerprint density at radius 3 is 2.76 bits per heavy atom. The minimum absolute atomic E-state index is 0.186. The van der Waals surface area contributed by atoms with Gasteiger partial charge < -0.3 is 10.6 Å². The number of nitrogens with one attached hydrogen (secondary N) is 2. The van der Waals surface area contributed by atoms with Crippen LogP contribution in [0, 0.1) is 5.92 Å². The molecule has 0 unspecified atom stereocenters. The molecule has 3 rings (SSSR count). The standard InChI is InChI=1S/C18H26N2O/c21-18(12-14-6-3-1-2-4-7-14)20-16-9-10-17-15(13-16)8-5-11-19-17/h9-10,13-14,19H,1-8,11-12H2,(H,20,21). The van der Waals surface area contributed by atoms with Crippen LogP contribution in [0.1, 0.15) is 56.9 Å². The van der Waals surface area contributed by atoms with E-state index in [4.69, 9.17) is 0 Å². The van der Waals surface area contributed by atoms with Crippen LogP contribution in [0.5, 0.6) is 0 Å². The lowest BCUT2D eigenvalue weighted by Gasteiger charge is -2.19. The van der Waals surface area contributed by atoms with Gasteiger partial charge in [-0.1, -0.05) is 25.7 Å². The Bertz CT molecular complexity index is 490. The number of anilines is 2. The Hall–Kier alpha value is -1.51. The Morgan fingerprint density at radius 1 is 1.14 bits per heavy atom. The van der Waals surface area contributed by atoms with Gasteiger partial charge in [0.15, 0.2) is 0 Å². The maximum Gasteiger partial charge on any atom is 0.224 e. The number of amides is 1. The number of carbonyl (C=O) groups excluding carboxylic acids is 1. The number of hydrogen-bond donors (Lipinski definition) is 2. The van der Waals surface area contributed by atoms with E-state index in [2.05, 4.69) is 22.8 Å². The van der Waals surface area contributed by atoms with Gasteiger partial charge in [0.05, 0.1) is 0 Å². The fourth-order valence-electron chi connectivity index (χ4n) is 3.59. The summed E-state index contributed by atoms with van der Waals surface area (Å²) < 4.78 is 0. The van der Waals surface area contributed by atoms with Crippen molar-refractivity contribution in [1.29, 1.82) is 0 Å². The van der Waals surface area contributed by atoms with Crippen molar-refractivity contribution >= 4 is 17.3 Å². The molecule has 1 heterocycles. The molecule has 1 aliphatic heterocycles. The van der Waals surface area contributed by atoms with E-state index >= 15 is 0 Å². The summed E-state index contributed by atoms with van der Waals surface area (Å²) in [5, 5.41) is 6.50. The second kappa shape index (κ2) is 6.97. The van der Waals surface area contributed by atoms with Crippen molar-refractivity contribution < 1.29 is 4.79 Å². The number of carbonyl (C=O) groups is 1. The third-order valence-corrected chi connectivity index (χ3v) is 4.78. The first-order chi connectivity index (χ1) is 10.3. The van der Waals surface area contributed by atoms with Gasteiger partial charge in [-0.3, -0.25) is 4.79 Å². The highest BCUT2D eigenvalue weighted by atomic mass is 16.1. The van der Waals surface area contributed by atoms with E-state index < -0.39 is 0 Å². The zero-order valence-electron chi connectivity index (χ0n) is 12.8. The summed E-state index contributed by atoms with van der Waals surface area (Å²) in [7, 11) is 0. The Kier molecular flexibility index (Phi) is 4.79. The topological polar surface area (TPSA) is 41.1 Å². The van der Waals surface area contributed by atoms with E-state index in [-0.39, 0.29) is 5.91 Å². The Balaban J connectivity index is 1.56. The third kappa shape index (κ3) is 3.99. The first kappa shape index (κ1) is 14.4. The summed E-state index contributed by atoms with van der Waals surface area (Å²) in [6.07, 6.45) is 10.7. The third-order valence-electron chi connectivity index (χ3n) is 4.78. The predicted molar refractivity (Wildman–Crippen MR) is 87.7 cm³/mol. The summed E-state index contributed by atoms with van der Waals surface area (Å²) in [5.74, 6) is 0.775. The van der Waals surface area contributed by atoms with Crippen LogP contribution in [0.15, 0.2) is 18.2 Å². The maximum atomic E-state index is 12.2. The smallest absolute Gasteiger partial charge is 0.224 e. The van der Waals surface area contributed by atoms with Crippen molar-refractivity contribution in [1.82, 2.24) is 0 Å². The van der Waals surface area contributed by atoms with Crippen molar-refractivity contribution in [3.8, 4) is 0 Å². The molecule has 1 aliphatic carbocycles. The van der Waals surface area contributed by atoms with E-state index in [9.17, 15) is 4.79 Å². The van der Waals surface area contributed by atoms with Gasteiger partial charge in [0, 0.05) is 24.3 Å². The SMILES string of the molecule is O=C(CC1CCCCCC1)Nc1ccc2c(c1)CCCN2. The fourth-order valence-corrected chi connectivity index (χ4v) is 3.59. The highest BCUT2D eigenvalue weighted by Gasteiger charge is 2.16.